The number of ether oxygens (including phenoxy) is 1. The van der Waals surface area contributed by atoms with Crippen LogP contribution >= 0.6 is 11.3 Å². The van der Waals surface area contributed by atoms with Crippen LogP contribution < -0.4 is 4.90 Å². The maximum atomic E-state index is 13.3. The Bertz CT molecular complexity index is 1260. The summed E-state index contributed by atoms with van der Waals surface area (Å²) in [6.45, 7) is 1.20. The number of aromatic nitrogens is 1. The first-order valence-corrected chi connectivity index (χ1v) is 11.4. The van der Waals surface area contributed by atoms with Gasteiger partial charge in [0.25, 0.3) is 0 Å². The molecule has 0 radical (unpaired) electrons. The third kappa shape index (κ3) is 4.51. The number of anilines is 1. The summed E-state index contributed by atoms with van der Waals surface area (Å²) in [7, 11) is 0. The van der Waals surface area contributed by atoms with Crippen LogP contribution in [0.15, 0.2) is 78.9 Å². The molecular formula is C26H21FN2O3S. The van der Waals surface area contributed by atoms with Gasteiger partial charge >= 0.3 is 5.97 Å². The highest BCUT2D eigenvalue weighted by Crippen LogP contribution is 2.41. The van der Waals surface area contributed by atoms with Gasteiger partial charge in [0, 0.05) is 12.1 Å². The van der Waals surface area contributed by atoms with E-state index in [0.717, 1.165) is 38.0 Å². The zero-order chi connectivity index (χ0) is 22.8. The number of thiazole rings is 1. The Morgan fingerprint density at radius 3 is 2.24 bits per heavy atom. The smallest absolute Gasteiger partial charge is 0.334 e. The van der Waals surface area contributed by atoms with Crippen molar-refractivity contribution in [1.29, 1.82) is 0 Å². The van der Waals surface area contributed by atoms with E-state index in [9.17, 15) is 14.3 Å². The van der Waals surface area contributed by atoms with Crippen LogP contribution in [-0.4, -0.2) is 41.9 Å². The lowest BCUT2D eigenvalue weighted by Gasteiger charge is -2.30. The topological polar surface area (TPSA) is 62.7 Å². The number of nitrogens with zero attached hydrogens (tertiary/aromatic N) is 2. The fourth-order valence-electron chi connectivity index (χ4n) is 3.86. The van der Waals surface area contributed by atoms with E-state index in [4.69, 9.17) is 9.72 Å². The molecule has 0 spiro atoms. The van der Waals surface area contributed by atoms with Gasteiger partial charge in [-0.1, -0.05) is 78.1 Å². The molecule has 1 N–H and O–H groups in total. The highest BCUT2D eigenvalue weighted by atomic mass is 32.1. The molecule has 4 aromatic rings. The van der Waals surface area contributed by atoms with E-state index in [1.54, 1.807) is 23.5 Å². The molecule has 5 rings (SSSR count). The quantitative estimate of drug-likeness (QED) is 0.422. The molecule has 1 aromatic heterocycles. The SMILES string of the molecule is O=C(O)C1CN(c2nc(-c3ccccc3)c(-c3ccc(-c4ccc(F)cc4)cc3)s2)CCO1. The largest absolute Gasteiger partial charge is 0.479 e. The number of benzene rings is 3. The van der Waals surface area contributed by atoms with Crippen LogP contribution in [0, 0.1) is 5.82 Å². The second-order valence-electron chi connectivity index (χ2n) is 7.77. The molecule has 7 heteroatoms. The first-order valence-electron chi connectivity index (χ1n) is 10.6. The van der Waals surface area contributed by atoms with Crippen LogP contribution in [0.1, 0.15) is 0 Å². The van der Waals surface area contributed by atoms with Crippen molar-refractivity contribution in [3.8, 4) is 32.8 Å². The second-order valence-corrected chi connectivity index (χ2v) is 8.75. The Balaban J connectivity index is 1.52. The number of morpholine rings is 1. The lowest BCUT2D eigenvalue weighted by Crippen LogP contribution is -2.46. The normalized spacial score (nSPS) is 16.0. The minimum Gasteiger partial charge on any atom is -0.479 e. The second kappa shape index (κ2) is 9.13. The molecule has 1 atom stereocenters. The van der Waals surface area contributed by atoms with Crippen molar-refractivity contribution in [2.24, 2.45) is 0 Å². The van der Waals surface area contributed by atoms with Crippen molar-refractivity contribution in [2.45, 2.75) is 6.10 Å². The molecule has 1 unspecified atom stereocenters. The van der Waals surface area contributed by atoms with Gasteiger partial charge in [0.15, 0.2) is 11.2 Å². The summed E-state index contributed by atoms with van der Waals surface area (Å²) < 4.78 is 18.6. The van der Waals surface area contributed by atoms with Crippen molar-refractivity contribution in [2.75, 3.05) is 24.6 Å². The molecule has 3 aromatic carbocycles. The molecule has 1 aliphatic heterocycles. The lowest BCUT2D eigenvalue weighted by atomic mass is 10.0. The van der Waals surface area contributed by atoms with Gasteiger partial charge in [0.1, 0.15) is 5.82 Å². The molecule has 0 saturated carbocycles. The van der Waals surface area contributed by atoms with Crippen LogP contribution in [0.3, 0.4) is 0 Å². The predicted octanol–water partition coefficient (Wildman–Crippen LogP) is 5.57. The first kappa shape index (κ1) is 21.3. The molecule has 1 saturated heterocycles. The van der Waals surface area contributed by atoms with E-state index in [2.05, 4.69) is 0 Å². The summed E-state index contributed by atoms with van der Waals surface area (Å²) in [5.74, 6) is -1.22. The summed E-state index contributed by atoms with van der Waals surface area (Å²) >= 11 is 1.55. The van der Waals surface area contributed by atoms with Gasteiger partial charge in [0.2, 0.25) is 0 Å². The van der Waals surface area contributed by atoms with Gasteiger partial charge in [-0.25, -0.2) is 14.2 Å². The highest BCUT2D eigenvalue weighted by molar-refractivity contribution is 7.19. The van der Waals surface area contributed by atoms with Gasteiger partial charge in [-0.05, 0) is 28.8 Å². The van der Waals surface area contributed by atoms with Crippen molar-refractivity contribution in [3.63, 3.8) is 0 Å². The number of hydrogen-bond acceptors (Lipinski definition) is 5. The Morgan fingerprint density at radius 1 is 0.939 bits per heavy atom. The summed E-state index contributed by atoms with van der Waals surface area (Å²) in [6.07, 6.45) is -0.860. The Morgan fingerprint density at radius 2 is 1.58 bits per heavy atom. The molecule has 0 aliphatic carbocycles. The van der Waals surface area contributed by atoms with Crippen LogP contribution in [0.2, 0.25) is 0 Å². The monoisotopic (exact) mass is 460 g/mol. The number of rotatable bonds is 5. The molecule has 0 amide bonds. The van der Waals surface area contributed by atoms with Crippen molar-refractivity contribution < 1.29 is 19.0 Å². The number of carbonyl (C=O) groups is 1. The van der Waals surface area contributed by atoms with Gasteiger partial charge in [0.05, 0.1) is 23.7 Å². The van der Waals surface area contributed by atoms with Crippen LogP contribution in [-0.2, 0) is 9.53 Å². The number of carboxylic acids is 1. The van der Waals surface area contributed by atoms with Gasteiger partial charge in [-0.15, -0.1) is 0 Å². The third-order valence-electron chi connectivity index (χ3n) is 5.60. The number of carboxylic acid groups (broad SMARTS) is 1. The first-order chi connectivity index (χ1) is 16.1. The summed E-state index contributed by atoms with van der Waals surface area (Å²) in [5.41, 5.74) is 4.84. The average Bonchev–Trinajstić information content (AvgIpc) is 3.31. The molecule has 2 heterocycles. The van der Waals surface area contributed by atoms with E-state index < -0.39 is 12.1 Å². The Kier molecular flexibility index (Phi) is 5.90. The maximum absolute atomic E-state index is 13.3. The highest BCUT2D eigenvalue weighted by Gasteiger charge is 2.29. The van der Waals surface area contributed by atoms with Crippen LogP contribution in [0.5, 0.6) is 0 Å². The van der Waals surface area contributed by atoms with E-state index in [-0.39, 0.29) is 12.4 Å². The zero-order valence-electron chi connectivity index (χ0n) is 17.6. The third-order valence-corrected chi connectivity index (χ3v) is 6.77. The van der Waals surface area contributed by atoms with Crippen LogP contribution in [0.4, 0.5) is 9.52 Å². The minimum atomic E-state index is -0.962. The zero-order valence-corrected chi connectivity index (χ0v) is 18.5. The molecule has 1 fully saturated rings. The number of aliphatic carboxylic acids is 1. The summed E-state index contributed by atoms with van der Waals surface area (Å²) in [5, 5.41) is 10.1. The standard InChI is InChI=1S/C26H21FN2O3S/c27-21-12-10-18(11-13-21)17-6-8-20(9-7-17)24-23(19-4-2-1-3-5-19)28-26(33-24)29-14-15-32-22(16-29)25(30)31/h1-13,22H,14-16H2,(H,30,31). The minimum absolute atomic E-state index is 0.256. The molecule has 166 valence electrons. The summed E-state index contributed by atoms with van der Waals surface area (Å²) in [4.78, 5) is 19.3. The van der Waals surface area contributed by atoms with E-state index in [1.807, 2.05) is 59.5 Å². The van der Waals surface area contributed by atoms with E-state index in [0.29, 0.717) is 13.2 Å². The van der Waals surface area contributed by atoms with Gasteiger partial charge < -0.3 is 14.7 Å². The van der Waals surface area contributed by atoms with Crippen LogP contribution in [0.25, 0.3) is 32.8 Å². The average molecular weight is 461 g/mol. The molecular weight excluding hydrogens is 439 g/mol. The van der Waals surface area contributed by atoms with E-state index >= 15 is 0 Å². The van der Waals surface area contributed by atoms with Gasteiger partial charge in [-0.2, -0.15) is 0 Å². The Labute approximate surface area is 194 Å². The van der Waals surface area contributed by atoms with E-state index in [1.165, 1.54) is 12.1 Å². The molecule has 1 aliphatic rings. The van der Waals surface area contributed by atoms with Crippen molar-refractivity contribution in [3.05, 3.63) is 84.7 Å². The van der Waals surface area contributed by atoms with Gasteiger partial charge in [-0.3, -0.25) is 0 Å². The predicted molar refractivity (Wildman–Crippen MR) is 128 cm³/mol. The summed E-state index contributed by atoms with van der Waals surface area (Å²) in [6, 6.07) is 24.5. The molecule has 33 heavy (non-hydrogen) atoms. The molecule has 0 bridgehead atoms. The fraction of sp³-hybridized carbons (Fsp3) is 0.154. The fourth-order valence-corrected chi connectivity index (χ4v) is 4.99. The Hall–Kier alpha value is -3.55. The maximum Gasteiger partial charge on any atom is 0.334 e. The number of hydrogen-bond donors (Lipinski definition) is 1. The van der Waals surface area contributed by atoms with Crippen molar-refractivity contribution >= 4 is 22.4 Å². The van der Waals surface area contributed by atoms with Crippen molar-refractivity contribution in [1.82, 2.24) is 4.98 Å². The lowest BCUT2D eigenvalue weighted by molar-refractivity contribution is -0.150. The molecule has 5 nitrogen and oxygen atoms in total. The number of halogens is 1.